The molecule has 1 aliphatic heterocycles. The maximum atomic E-state index is 12.8. The van der Waals surface area contributed by atoms with Crippen LogP contribution >= 0.6 is 11.8 Å². The molecule has 0 atom stereocenters. The summed E-state index contributed by atoms with van der Waals surface area (Å²) in [7, 11) is 0. The SMILES string of the molecule is Cc1nccc(-c2cccc(NCC(=O)N3CCSc4ccccc43)c2)n1. The molecular weight excluding hydrogens is 356 g/mol. The number of anilines is 2. The maximum absolute atomic E-state index is 12.8. The van der Waals surface area contributed by atoms with Gasteiger partial charge in [0.1, 0.15) is 5.82 Å². The van der Waals surface area contributed by atoms with E-state index in [9.17, 15) is 4.79 Å². The van der Waals surface area contributed by atoms with E-state index in [1.807, 2.05) is 60.4 Å². The minimum Gasteiger partial charge on any atom is -0.376 e. The number of hydrogen-bond donors (Lipinski definition) is 1. The first-order valence-electron chi connectivity index (χ1n) is 8.87. The quantitative estimate of drug-likeness (QED) is 0.746. The molecule has 0 bridgehead atoms. The average molecular weight is 376 g/mol. The molecule has 0 saturated heterocycles. The fourth-order valence-corrected chi connectivity index (χ4v) is 4.10. The lowest BCUT2D eigenvalue weighted by atomic mass is 10.1. The van der Waals surface area contributed by atoms with E-state index >= 15 is 0 Å². The molecule has 6 heteroatoms. The summed E-state index contributed by atoms with van der Waals surface area (Å²) >= 11 is 1.80. The molecule has 0 radical (unpaired) electrons. The molecule has 4 rings (SSSR count). The lowest BCUT2D eigenvalue weighted by molar-refractivity contribution is -0.117. The first-order chi connectivity index (χ1) is 13.2. The number of thioether (sulfide) groups is 1. The highest BCUT2D eigenvalue weighted by Crippen LogP contribution is 2.34. The Labute approximate surface area is 162 Å². The van der Waals surface area contributed by atoms with E-state index in [4.69, 9.17) is 0 Å². The largest absolute Gasteiger partial charge is 0.376 e. The molecule has 0 aliphatic carbocycles. The molecular formula is C21H20N4OS. The number of fused-ring (bicyclic) bond motifs is 1. The third-order valence-electron chi connectivity index (χ3n) is 4.41. The smallest absolute Gasteiger partial charge is 0.246 e. The summed E-state index contributed by atoms with van der Waals surface area (Å²) in [5, 5.41) is 3.26. The summed E-state index contributed by atoms with van der Waals surface area (Å²) in [6, 6.07) is 17.9. The number of carbonyl (C=O) groups is 1. The van der Waals surface area contributed by atoms with Gasteiger partial charge in [-0.25, -0.2) is 9.97 Å². The molecule has 1 aliphatic rings. The lowest BCUT2D eigenvalue weighted by Gasteiger charge is -2.29. The van der Waals surface area contributed by atoms with Crippen molar-refractivity contribution >= 4 is 29.0 Å². The number of aromatic nitrogens is 2. The van der Waals surface area contributed by atoms with Crippen molar-refractivity contribution in [2.24, 2.45) is 0 Å². The van der Waals surface area contributed by atoms with Crippen molar-refractivity contribution in [3.63, 3.8) is 0 Å². The molecule has 0 saturated carbocycles. The molecule has 2 aromatic carbocycles. The van der Waals surface area contributed by atoms with Gasteiger partial charge in [-0.1, -0.05) is 24.3 Å². The predicted molar refractivity (Wildman–Crippen MR) is 110 cm³/mol. The second-order valence-corrected chi connectivity index (χ2v) is 7.42. The van der Waals surface area contributed by atoms with Crippen LogP contribution in [0.15, 0.2) is 65.7 Å². The summed E-state index contributed by atoms with van der Waals surface area (Å²) in [5.41, 5.74) is 3.78. The molecule has 0 spiro atoms. The highest BCUT2D eigenvalue weighted by Gasteiger charge is 2.22. The standard InChI is InChI=1S/C21H20N4OS/c1-15-22-10-9-18(24-15)16-5-4-6-17(13-16)23-14-21(26)25-11-12-27-20-8-3-2-7-19(20)25/h2-10,13,23H,11-12,14H2,1H3. The Morgan fingerprint density at radius 1 is 1.19 bits per heavy atom. The third kappa shape index (κ3) is 3.95. The number of nitrogens with one attached hydrogen (secondary N) is 1. The maximum Gasteiger partial charge on any atom is 0.246 e. The van der Waals surface area contributed by atoms with Gasteiger partial charge in [0, 0.05) is 34.6 Å². The van der Waals surface area contributed by atoms with Crippen molar-refractivity contribution < 1.29 is 4.79 Å². The van der Waals surface area contributed by atoms with E-state index in [1.54, 1.807) is 18.0 Å². The van der Waals surface area contributed by atoms with Crippen molar-refractivity contribution in [2.45, 2.75) is 11.8 Å². The molecule has 0 fully saturated rings. The third-order valence-corrected chi connectivity index (χ3v) is 5.45. The van der Waals surface area contributed by atoms with Crippen molar-refractivity contribution in [3.05, 3.63) is 66.6 Å². The van der Waals surface area contributed by atoms with Crippen molar-refractivity contribution in [2.75, 3.05) is 29.1 Å². The Bertz CT molecular complexity index is 976. The van der Waals surface area contributed by atoms with E-state index in [1.165, 1.54) is 4.90 Å². The molecule has 1 aromatic heterocycles. The number of benzene rings is 2. The van der Waals surface area contributed by atoms with E-state index < -0.39 is 0 Å². The Hall–Kier alpha value is -2.86. The van der Waals surface area contributed by atoms with Crippen LogP contribution in [0.2, 0.25) is 0 Å². The van der Waals surface area contributed by atoms with Crippen LogP contribution in [0.25, 0.3) is 11.3 Å². The fourth-order valence-electron chi connectivity index (χ4n) is 3.11. The molecule has 3 aromatic rings. The zero-order valence-electron chi connectivity index (χ0n) is 15.1. The molecule has 27 heavy (non-hydrogen) atoms. The topological polar surface area (TPSA) is 58.1 Å². The second kappa shape index (κ2) is 7.80. The first kappa shape index (κ1) is 17.5. The average Bonchev–Trinajstić information content (AvgIpc) is 2.72. The Morgan fingerprint density at radius 3 is 2.96 bits per heavy atom. The van der Waals surface area contributed by atoms with Crippen LogP contribution in [0.5, 0.6) is 0 Å². The molecule has 5 nitrogen and oxygen atoms in total. The van der Waals surface area contributed by atoms with Gasteiger partial charge < -0.3 is 10.2 Å². The minimum atomic E-state index is 0.0750. The van der Waals surface area contributed by atoms with Gasteiger partial charge in [0.15, 0.2) is 0 Å². The van der Waals surface area contributed by atoms with E-state index in [0.29, 0.717) is 0 Å². The van der Waals surface area contributed by atoms with Crippen LogP contribution in [-0.2, 0) is 4.79 Å². The fraction of sp³-hybridized carbons (Fsp3) is 0.190. The Balaban J connectivity index is 1.47. The highest BCUT2D eigenvalue weighted by molar-refractivity contribution is 7.99. The van der Waals surface area contributed by atoms with Crippen molar-refractivity contribution in [1.82, 2.24) is 9.97 Å². The van der Waals surface area contributed by atoms with Gasteiger partial charge >= 0.3 is 0 Å². The van der Waals surface area contributed by atoms with Crippen molar-refractivity contribution in [1.29, 1.82) is 0 Å². The molecule has 2 heterocycles. The second-order valence-electron chi connectivity index (χ2n) is 6.29. The van der Waals surface area contributed by atoms with Crippen LogP contribution in [-0.4, -0.2) is 34.7 Å². The summed E-state index contributed by atoms with van der Waals surface area (Å²) < 4.78 is 0. The number of rotatable bonds is 4. The van der Waals surface area contributed by atoms with Gasteiger partial charge in [-0.2, -0.15) is 0 Å². The summed E-state index contributed by atoms with van der Waals surface area (Å²) in [5.74, 6) is 1.74. The lowest BCUT2D eigenvalue weighted by Crippen LogP contribution is -2.39. The number of para-hydroxylation sites is 1. The van der Waals surface area contributed by atoms with Gasteiger partial charge in [0.2, 0.25) is 5.91 Å². The zero-order chi connectivity index (χ0) is 18.6. The van der Waals surface area contributed by atoms with Gasteiger partial charge in [-0.05, 0) is 37.3 Å². The van der Waals surface area contributed by atoms with Crippen LogP contribution < -0.4 is 10.2 Å². The van der Waals surface area contributed by atoms with Crippen LogP contribution in [0.1, 0.15) is 5.82 Å². The highest BCUT2D eigenvalue weighted by atomic mass is 32.2. The number of nitrogens with zero attached hydrogens (tertiary/aromatic N) is 3. The first-order valence-corrected chi connectivity index (χ1v) is 9.85. The van der Waals surface area contributed by atoms with E-state index in [0.717, 1.165) is 40.8 Å². The van der Waals surface area contributed by atoms with Gasteiger partial charge in [-0.3, -0.25) is 4.79 Å². The Morgan fingerprint density at radius 2 is 2.07 bits per heavy atom. The zero-order valence-corrected chi connectivity index (χ0v) is 15.9. The molecule has 136 valence electrons. The number of carbonyl (C=O) groups excluding carboxylic acids is 1. The molecule has 1 amide bonds. The molecule has 1 N–H and O–H groups in total. The van der Waals surface area contributed by atoms with Crippen molar-refractivity contribution in [3.8, 4) is 11.3 Å². The number of hydrogen-bond acceptors (Lipinski definition) is 5. The normalized spacial score (nSPS) is 13.1. The minimum absolute atomic E-state index is 0.0750. The molecule has 0 unspecified atom stereocenters. The van der Waals surface area contributed by atoms with Crippen LogP contribution in [0.3, 0.4) is 0 Å². The van der Waals surface area contributed by atoms with Gasteiger partial charge in [0.05, 0.1) is 17.9 Å². The van der Waals surface area contributed by atoms with Crippen LogP contribution in [0.4, 0.5) is 11.4 Å². The monoisotopic (exact) mass is 376 g/mol. The number of amides is 1. The van der Waals surface area contributed by atoms with E-state index in [2.05, 4.69) is 21.4 Å². The summed E-state index contributed by atoms with van der Waals surface area (Å²) in [4.78, 5) is 24.4. The Kier molecular flexibility index (Phi) is 5.07. The van der Waals surface area contributed by atoms with Crippen LogP contribution in [0, 0.1) is 6.92 Å². The predicted octanol–water partition coefficient (Wildman–Crippen LogP) is 4.00. The van der Waals surface area contributed by atoms with E-state index in [-0.39, 0.29) is 12.5 Å². The van der Waals surface area contributed by atoms with Gasteiger partial charge in [-0.15, -0.1) is 11.8 Å². The van der Waals surface area contributed by atoms with Gasteiger partial charge in [0.25, 0.3) is 0 Å². The summed E-state index contributed by atoms with van der Waals surface area (Å²) in [6.45, 7) is 2.87. The summed E-state index contributed by atoms with van der Waals surface area (Å²) in [6.07, 6.45) is 1.76. The number of aryl methyl sites for hydroxylation is 1.